The zero-order valence-corrected chi connectivity index (χ0v) is 17.1. The predicted octanol–water partition coefficient (Wildman–Crippen LogP) is 2.20. The normalized spacial score (nSPS) is 16.1. The molecule has 0 unspecified atom stereocenters. The smallest absolute Gasteiger partial charge is 0.294 e. The maximum atomic E-state index is 13.5. The highest BCUT2D eigenvalue weighted by atomic mass is 16.2. The van der Waals surface area contributed by atoms with Crippen LogP contribution in [0.1, 0.15) is 31.0 Å². The topological polar surface area (TPSA) is 77.4 Å². The highest BCUT2D eigenvalue weighted by molar-refractivity contribution is 5.91. The van der Waals surface area contributed by atoms with Crippen molar-refractivity contribution >= 4 is 22.8 Å². The number of imidazole rings is 1. The van der Waals surface area contributed by atoms with Gasteiger partial charge in [-0.25, -0.2) is 9.80 Å². The van der Waals surface area contributed by atoms with Crippen LogP contribution in [0.2, 0.25) is 0 Å². The van der Waals surface area contributed by atoms with Gasteiger partial charge in [-0.2, -0.15) is 10.1 Å². The van der Waals surface area contributed by atoms with Gasteiger partial charge in [0.2, 0.25) is 5.95 Å². The van der Waals surface area contributed by atoms with Crippen molar-refractivity contribution in [2.45, 2.75) is 33.4 Å². The molecule has 3 aromatic rings. The van der Waals surface area contributed by atoms with Crippen LogP contribution in [0.25, 0.3) is 11.2 Å². The molecule has 1 aliphatic heterocycles. The fraction of sp³-hybridized carbons (Fsp3) is 0.333. The van der Waals surface area contributed by atoms with Crippen LogP contribution in [-0.4, -0.2) is 30.9 Å². The van der Waals surface area contributed by atoms with Crippen molar-refractivity contribution in [2.75, 3.05) is 11.6 Å². The Hall–Kier alpha value is -3.42. The van der Waals surface area contributed by atoms with Gasteiger partial charge >= 0.3 is 5.69 Å². The summed E-state index contributed by atoms with van der Waals surface area (Å²) >= 11 is 0. The highest BCUT2D eigenvalue weighted by Gasteiger charge is 2.30. The van der Waals surface area contributed by atoms with Crippen LogP contribution in [0.5, 0.6) is 0 Å². The fourth-order valence-electron chi connectivity index (χ4n) is 3.76. The Morgan fingerprint density at radius 3 is 2.69 bits per heavy atom. The van der Waals surface area contributed by atoms with Gasteiger partial charge < -0.3 is 0 Å². The molecule has 0 saturated heterocycles. The number of nitrogens with zero attached hydrogens (tertiary/aromatic N) is 6. The van der Waals surface area contributed by atoms with Crippen LogP contribution in [-0.2, 0) is 13.6 Å². The Morgan fingerprint density at radius 1 is 1.24 bits per heavy atom. The summed E-state index contributed by atoms with van der Waals surface area (Å²) in [6.45, 7) is 10.3. The molecule has 1 aromatic carbocycles. The maximum absolute atomic E-state index is 13.5. The molecular formula is C21H24N6O2. The third kappa shape index (κ3) is 2.91. The Bertz CT molecular complexity index is 1280. The van der Waals surface area contributed by atoms with E-state index < -0.39 is 0 Å². The molecule has 1 atom stereocenters. The second-order valence-electron chi connectivity index (χ2n) is 7.46. The predicted molar refractivity (Wildman–Crippen MR) is 115 cm³/mol. The third-order valence-electron chi connectivity index (χ3n) is 5.38. The zero-order chi connectivity index (χ0) is 20.9. The molecule has 0 N–H and O–H groups in total. The monoisotopic (exact) mass is 392 g/mol. The molecule has 8 nitrogen and oxygen atoms in total. The minimum atomic E-state index is -0.389. The van der Waals surface area contributed by atoms with E-state index in [2.05, 4.69) is 16.7 Å². The van der Waals surface area contributed by atoms with Crippen molar-refractivity contribution in [2.24, 2.45) is 12.1 Å². The molecule has 0 bridgehead atoms. The number of benzene rings is 1. The Morgan fingerprint density at radius 2 is 2.00 bits per heavy atom. The van der Waals surface area contributed by atoms with Crippen molar-refractivity contribution in [1.29, 1.82) is 0 Å². The molecular weight excluding hydrogens is 368 g/mol. The molecule has 0 spiro atoms. The van der Waals surface area contributed by atoms with Crippen molar-refractivity contribution in [3.63, 3.8) is 0 Å². The minimum Gasteiger partial charge on any atom is -0.294 e. The molecule has 4 rings (SSSR count). The van der Waals surface area contributed by atoms with Crippen LogP contribution in [0.15, 0.2) is 51.6 Å². The number of hydrazone groups is 1. The van der Waals surface area contributed by atoms with E-state index in [4.69, 9.17) is 0 Å². The van der Waals surface area contributed by atoms with Gasteiger partial charge in [0.05, 0.1) is 24.8 Å². The number of aromatic nitrogens is 4. The summed E-state index contributed by atoms with van der Waals surface area (Å²) in [5, 5.41) is 6.28. The third-order valence-corrected chi connectivity index (χ3v) is 5.38. The molecule has 2 aromatic heterocycles. The minimum absolute atomic E-state index is 0.145. The molecule has 8 heteroatoms. The lowest BCUT2D eigenvalue weighted by Crippen LogP contribution is -2.40. The molecule has 0 amide bonds. The first kappa shape index (κ1) is 18.9. The number of anilines is 1. The van der Waals surface area contributed by atoms with E-state index in [0.717, 1.165) is 16.8 Å². The average Bonchev–Trinajstić information content (AvgIpc) is 3.09. The Balaban J connectivity index is 1.99. The molecule has 0 radical (unpaired) electrons. The summed E-state index contributed by atoms with van der Waals surface area (Å²) in [5.41, 5.74) is 2.88. The van der Waals surface area contributed by atoms with Crippen LogP contribution in [0.3, 0.4) is 0 Å². The van der Waals surface area contributed by atoms with Gasteiger partial charge in [0, 0.05) is 7.05 Å². The van der Waals surface area contributed by atoms with Gasteiger partial charge in [-0.3, -0.25) is 18.5 Å². The number of fused-ring (bicyclic) bond motifs is 3. The van der Waals surface area contributed by atoms with Crippen LogP contribution < -0.4 is 16.3 Å². The van der Waals surface area contributed by atoms with E-state index in [0.29, 0.717) is 23.7 Å². The SMILES string of the molecule is C=CCN1N=C(C)[C@@H](C)n2c1nc1c2c(=O)n(Cc2cccc(C)c2)c(=O)n1C. The summed E-state index contributed by atoms with van der Waals surface area (Å²) in [4.78, 5) is 31.0. The van der Waals surface area contributed by atoms with Gasteiger partial charge in [0.15, 0.2) is 11.2 Å². The second kappa shape index (κ2) is 6.88. The molecule has 1 aliphatic rings. The standard InChI is InChI=1S/C21H24N6O2/c1-6-10-26-20-22-18-17(27(20)15(4)14(3)23-26)19(28)25(21(29)24(18)5)12-16-9-7-8-13(2)11-16/h6-9,11,15H,1,10,12H2,2-5H3/t15-/m1/s1. The Kier molecular flexibility index (Phi) is 4.49. The molecule has 3 heterocycles. The summed E-state index contributed by atoms with van der Waals surface area (Å²) in [6.07, 6.45) is 1.73. The van der Waals surface area contributed by atoms with E-state index in [-0.39, 0.29) is 23.8 Å². The molecule has 0 aliphatic carbocycles. The summed E-state index contributed by atoms with van der Waals surface area (Å²) in [7, 11) is 1.64. The molecule has 29 heavy (non-hydrogen) atoms. The van der Waals surface area contributed by atoms with E-state index in [1.165, 1.54) is 9.13 Å². The van der Waals surface area contributed by atoms with E-state index in [1.54, 1.807) is 18.1 Å². The first-order valence-corrected chi connectivity index (χ1v) is 9.54. The summed E-state index contributed by atoms with van der Waals surface area (Å²) in [5.74, 6) is 0.540. The molecule has 0 fully saturated rings. The van der Waals surface area contributed by atoms with Crippen LogP contribution in [0, 0.1) is 6.92 Å². The van der Waals surface area contributed by atoms with Crippen molar-refractivity contribution in [3.8, 4) is 0 Å². The maximum Gasteiger partial charge on any atom is 0.332 e. The van der Waals surface area contributed by atoms with Crippen LogP contribution in [0.4, 0.5) is 5.95 Å². The van der Waals surface area contributed by atoms with Crippen LogP contribution >= 0.6 is 0 Å². The number of aryl methyl sites for hydroxylation is 2. The Labute approximate surface area is 168 Å². The van der Waals surface area contributed by atoms with E-state index in [1.807, 2.05) is 49.6 Å². The van der Waals surface area contributed by atoms with E-state index >= 15 is 0 Å². The average molecular weight is 392 g/mol. The van der Waals surface area contributed by atoms with Gasteiger partial charge in [0.25, 0.3) is 5.56 Å². The lowest BCUT2D eigenvalue weighted by molar-refractivity contribution is 0.634. The lowest BCUT2D eigenvalue weighted by atomic mass is 10.1. The number of rotatable bonds is 4. The molecule has 0 saturated carbocycles. The van der Waals surface area contributed by atoms with Crippen molar-refractivity contribution < 1.29 is 0 Å². The number of hydrogen-bond acceptors (Lipinski definition) is 5. The summed E-state index contributed by atoms with van der Waals surface area (Å²) in [6, 6.07) is 7.66. The van der Waals surface area contributed by atoms with Gasteiger partial charge in [-0.1, -0.05) is 35.9 Å². The largest absolute Gasteiger partial charge is 0.332 e. The fourth-order valence-corrected chi connectivity index (χ4v) is 3.76. The summed E-state index contributed by atoms with van der Waals surface area (Å²) < 4.78 is 4.58. The molecule has 150 valence electrons. The van der Waals surface area contributed by atoms with Gasteiger partial charge in [-0.05, 0) is 26.3 Å². The van der Waals surface area contributed by atoms with Gasteiger partial charge in [-0.15, -0.1) is 6.58 Å². The number of hydrogen-bond donors (Lipinski definition) is 0. The first-order chi connectivity index (χ1) is 13.8. The van der Waals surface area contributed by atoms with Crippen molar-refractivity contribution in [1.82, 2.24) is 18.7 Å². The van der Waals surface area contributed by atoms with Crippen molar-refractivity contribution in [3.05, 3.63) is 68.9 Å². The van der Waals surface area contributed by atoms with Gasteiger partial charge in [0.1, 0.15) is 0 Å². The first-order valence-electron chi connectivity index (χ1n) is 9.54. The van der Waals surface area contributed by atoms with E-state index in [9.17, 15) is 9.59 Å². The lowest BCUT2D eigenvalue weighted by Gasteiger charge is -2.28. The quantitative estimate of drug-likeness (QED) is 0.638. The zero-order valence-electron chi connectivity index (χ0n) is 17.1. The second-order valence-corrected chi connectivity index (χ2v) is 7.46. The highest BCUT2D eigenvalue weighted by Crippen LogP contribution is 2.29.